The van der Waals surface area contributed by atoms with Gasteiger partial charge in [-0.1, -0.05) is 54.6 Å². The molecule has 6 heteroatoms. The van der Waals surface area contributed by atoms with Gasteiger partial charge in [-0.3, -0.25) is 4.79 Å². The highest BCUT2D eigenvalue weighted by atomic mass is 16.5. The fourth-order valence-corrected chi connectivity index (χ4v) is 2.56. The van der Waals surface area contributed by atoms with Gasteiger partial charge in [0, 0.05) is 20.1 Å². The third-order valence-electron chi connectivity index (χ3n) is 3.79. The van der Waals surface area contributed by atoms with Crippen LogP contribution in [0.4, 0.5) is 4.79 Å². The van der Waals surface area contributed by atoms with Crippen LogP contribution >= 0.6 is 0 Å². The maximum atomic E-state index is 12.5. The number of nitrogens with two attached hydrogens (primary N) is 1. The Labute approximate surface area is 147 Å². The van der Waals surface area contributed by atoms with Crippen molar-refractivity contribution in [2.75, 3.05) is 7.11 Å². The molecule has 0 heterocycles. The van der Waals surface area contributed by atoms with Crippen molar-refractivity contribution in [1.29, 1.82) is 0 Å². The van der Waals surface area contributed by atoms with E-state index in [1.54, 1.807) is 7.11 Å². The molecule has 1 atom stereocenters. The highest BCUT2D eigenvalue weighted by Gasteiger charge is 2.20. The van der Waals surface area contributed by atoms with E-state index in [-0.39, 0.29) is 5.91 Å². The van der Waals surface area contributed by atoms with Crippen LogP contribution in [0.25, 0.3) is 0 Å². The fraction of sp³-hybridized carbons (Fsp3) is 0.263. The molecule has 0 aliphatic carbocycles. The number of nitrogens with one attached hydrogen (secondary N) is 2. The van der Waals surface area contributed by atoms with Crippen LogP contribution in [-0.4, -0.2) is 25.1 Å². The molecule has 0 aliphatic heterocycles. The van der Waals surface area contributed by atoms with Crippen molar-refractivity contribution in [3.05, 3.63) is 71.3 Å². The number of hydrogen-bond acceptors (Lipinski definition) is 3. The Kier molecular flexibility index (Phi) is 6.98. The first-order valence-electron chi connectivity index (χ1n) is 8.03. The van der Waals surface area contributed by atoms with Gasteiger partial charge in [0.2, 0.25) is 5.91 Å². The first kappa shape index (κ1) is 18.5. The molecule has 0 saturated carbocycles. The van der Waals surface area contributed by atoms with Crippen LogP contribution < -0.4 is 16.4 Å². The smallest absolute Gasteiger partial charge is 0.312 e. The van der Waals surface area contributed by atoms with E-state index in [0.717, 1.165) is 16.7 Å². The van der Waals surface area contributed by atoms with Crippen molar-refractivity contribution in [1.82, 2.24) is 10.6 Å². The van der Waals surface area contributed by atoms with Gasteiger partial charge in [-0.25, -0.2) is 4.79 Å². The number of urea groups is 1. The van der Waals surface area contributed by atoms with Gasteiger partial charge >= 0.3 is 6.03 Å². The van der Waals surface area contributed by atoms with Crippen molar-refractivity contribution in [3.8, 4) is 0 Å². The molecule has 2 rings (SSSR count). The Morgan fingerprint density at radius 2 is 1.68 bits per heavy atom. The minimum Gasteiger partial charge on any atom is -0.380 e. The summed E-state index contributed by atoms with van der Waals surface area (Å²) in [5.41, 5.74) is 8.13. The molecule has 4 N–H and O–H groups in total. The number of amides is 3. The van der Waals surface area contributed by atoms with E-state index in [0.29, 0.717) is 19.6 Å². The van der Waals surface area contributed by atoms with Gasteiger partial charge in [0.05, 0.1) is 6.61 Å². The summed E-state index contributed by atoms with van der Waals surface area (Å²) in [6.45, 7) is 0.823. The lowest BCUT2D eigenvalue weighted by molar-refractivity contribution is -0.123. The minimum atomic E-state index is -0.727. The molecule has 2 aromatic carbocycles. The average Bonchev–Trinajstić information content (AvgIpc) is 2.61. The second-order valence-corrected chi connectivity index (χ2v) is 5.67. The van der Waals surface area contributed by atoms with E-state index < -0.39 is 12.1 Å². The molecule has 0 bridgehead atoms. The molecule has 0 aliphatic rings. The molecule has 1 unspecified atom stereocenters. The highest BCUT2D eigenvalue weighted by molar-refractivity contribution is 5.86. The van der Waals surface area contributed by atoms with Gasteiger partial charge in [0.15, 0.2) is 0 Å². The topological polar surface area (TPSA) is 93.4 Å². The molecule has 2 aromatic rings. The van der Waals surface area contributed by atoms with Crippen LogP contribution in [0.2, 0.25) is 0 Å². The number of rotatable bonds is 8. The monoisotopic (exact) mass is 341 g/mol. The molecule has 0 saturated heterocycles. The summed E-state index contributed by atoms with van der Waals surface area (Å²) in [6.07, 6.45) is 0.370. The van der Waals surface area contributed by atoms with E-state index in [4.69, 9.17) is 10.5 Å². The zero-order valence-electron chi connectivity index (χ0n) is 14.2. The molecule has 6 nitrogen and oxygen atoms in total. The zero-order chi connectivity index (χ0) is 18.1. The Bertz CT molecular complexity index is 704. The molecular weight excluding hydrogens is 318 g/mol. The number of primary amides is 1. The van der Waals surface area contributed by atoms with Gasteiger partial charge in [-0.15, -0.1) is 0 Å². The van der Waals surface area contributed by atoms with Crippen molar-refractivity contribution in [2.45, 2.75) is 25.6 Å². The maximum absolute atomic E-state index is 12.5. The summed E-state index contributed by atoms with van der Waals surface area (Å²) in [5.74, 6) is -0.283. The number of benzene rings is 2. The summed E-state index contributed by atoms with van der Waals surface area (Å²) >= 11 is 0. The third kappa shape index (κ3) is 5.93. The minimum absolute atomic E-state index is 0.283. The molecule has 3 amide bonds. The summed E-state index contributed by atoms with van der Waals surface area (Å²) in [4.78, 5) is 23.7. The van der Waals surface area contributed by atoms with Gasteiger partial charge < -0.3 is 21.1 Å². The summed E-state index contributed by atoms with van der Waals surface area (Å²) in [6, 6.07) is 15.7. The Hall–Kier alpha value is -2.86. The van der Waals surface area contributed by atoms with Gasteiger partial charge in [-0.05, 0) is 16.7 Å². The van der Waals surface area contributed by atoms with Crippen molar-refractivity contribution < 1.29 is 14.3 Å². The van der Waals surface area contributed by atoms with E-state index in [2.05, 4.69) is 10.6 Å². The molecule has 0 spiro atoms. The Morgan fingerprint density at radius 3 is 2.32 bits per heavy atom. The first-order chi connectivity index (χ1) is 12.1. The summed E-state index contributed by atoms with van der Waals surface area (Å²) < 4.78 is 5.17. The lowest BCUT2D eigenvalue weighted by atomic mass is 10.0. The van der Waals surface area contributed by atoms with Crippen LogP contribution in [0, 0.1) is 0 Å². The third-order valence-corrected chi connectivity index (χ3v) is 3.79. The normalized spacial score (nSPS) is 11.6. The highest BCUT2D eigenvalue weighted by Crippen LogP contribution is 2.10. The average molecular weight is 341 g/mol. The van der Waals surface area contributed by atoms with E-state index in [1.807, 2.05) is 54.6 Å². The van der Waals surface area contributed by atoms with Crippen LogP contribution in [0.3, 0.4) is 0 Å². The quantitative estimate of drug-likeness (QED) is 0.682. The fourth-order valence-electron chi connectivity index (χ4n) is 2.56. The van der Waals surface area contributed by atoms with Crippen LogP contribution in [0.1, 0.15) is 16.7 Å². The number of carbonyl (C=O) groups is 2. The standard InChI is InChI=1S/C19H23N3O3/c1-25-13-16-10-6-5-9-15(16)12-21-18(23)17(22-19(20)24)11-14-7-3-2-4-8-14/h2-10,17H,11-13H2,1H3,(H,21,23)(H3,20,22,24). The predicted octanol–water partition coefficient (Wildman–Crippen LogP) is 1.73. The maximum Gasteiger partial charge on any atom is 0.312 e. The second-order valence-electron chi connectivity index (χ2n) is 5.67. The SMILES string of the molecule is COCc1ccccc1CNC(=O)C(Cc1ccccc1)NC(N)=O. The van der Waals surface area contributed by atoms with E-state index in [9.17, 15) is 9.59 Å². The number of methoxy groups -OCH3 is 1. The molecule has 0 aromatic heterocycles. The van der Waals surface area contributed by atoms with Gasteiger partial charge in [0.1, 0.15) is 6.04 Å². The molecule has 0 fully saturated rings. The van der Waals surface area contributed by atoms with Crippen LogP contribution in [-0.2, 0) is 29.1 Å². The van der Waals surface area contributed by atoms with Crippen molar-refractivity contribution >= 4 is 11.9 Å². The number of hydrogen-bond donors (Lipinski definition) is 3. The van der Waals surface area contributed by atoms with Gasteiger partial charge in [0.25, 0.3) is 0 Å². The van der Waals surface area contributed by atoms with Crippen LogP contribution in [0.15, 0.2) is 54.6 Å². The van der Waals surface area contributed by atoms with E-state index in [1.165, 1.54) is 0 Å². The van der Waals surface area contributed by atoms with Crippen molar-refractivity contribution in [3.63, 3.8) is 0 Å². The summed E-state index contributed by atoms with van der Waals surface area (Å²) in [5, 5.41) is 5.36. The predicted molar refractivity (Wildman–Crippen MR) is 95.7 cm³/mol. The summed E-state index contributed by atoms with van der Waals surface area (Å²) in [7, 11) is 1.63. The zero-order valence-corrected chi connectivity index (χ0v) is 14.2. The number of carbonyl (C=O) groups excluding carboxylic acids is 2. The van der Waals surface area contributed by atoms with E-state index >= 15 is 0 Å². The molecule has 25 heavy (non-hydrogen) atoms. The number of ether oxygens (including phenoxy) is 1. The van der Waals surface area contributed by atoms with Gasteiger partial charge in [-0.2, -0.15) is 0 Å². The Morgan fingerprint density at radius 1 is 1.04 bits per heavy atom. The molecular formula is C19H23N3O3. The largest absolute Gasteiger partial charge is 0.380 e. The lowest BCUT2D eigenvalue weighted by Crippen LogP contribution is -2.49. The second kappa shape index (κ2) is 9.44. The van der Waals surface area contributed by atoms with Crippen LogP contribution in [0.5, 0.6) is 0 Å². The lowest BCUT2D eigenvalue weighted by Gasteiger charge is -2.18. The molecule has 0 radical (unpaired) electrons. The van der Waals surface area contributed by atoms with Crippen molar-refractivity contribution in [2.24, 2.45) is 5.73 Å². The Balaban J connectivity index is 2.03. The first-order valence-corrected chi connectivity index (χ1v) is 8.03. The molecule has 132 valence electrons.